The molecule has 2 rings (SSSR count). The summed E-state index contributed by atoms with van der Waals surface area (Å²) >= 11 is 0. The maximum Gasteiger partial charge on any atom is 0.191 e. The van der Waals surface area contributed by atoms with Gasteiger partial charge in [-0.3, -0.25) is 4.99 Å². The molecule has 0 saturated carbocycles. The molecule has 2 N–H and O–H groups in total. The predicted molar refractivity (Wildman–Crippen MR) is 105 cm³/mol. The fourth-order valence-corrected chi connectivity index (χ4v) is 2.59. The molecule has 1 atom stereocenters. The van der Waals surface area contributed by atoms with Gasteiger partial charge < -0.3 is 20.1 Å². The van der Waals surface area contributed by atoms with Crippen LogP contribution in [0.3, 0.4) is 0 Å². The molecule has 1 aromatic carbocycles. The Morgan fingerprint density at radius 2 is 2.04 bits per heavy atom. The Bertz CT molecular complexity index is 485. The van der Waals surface area contributed by atoms with Gasteiger partial charge in [0.1, 0.15) is 5.75 Å². The van der Waals surface area contributed by atoms with Crippen molar-refractivity contribution in [3.05, 3.63) is 29.8 Å². The van der Waals surface area contributed by atoms with E-state index in [-0.39, 0.29) is 29.6 Å². The summed E-state index contributed by atoms with van der Waals surface area (Å²) in [6.07, 6.45) is 3.18. The molecule has 1 saturated heterocycles. The average Bonchev–Trinajstić information content (AvgIpc) is 2.98. The summed E-state index contributed by atoms with van der Waals surface area (Å²) in [6, 6.07) is 8.15. The van der Waals surface area contributed by atoms with Crippen LogP contribution in [0, 0.1) is 0 Å². The number of halogens is 1. The molecule has 0 radical (unpaired) electrons. The monoisotopic (exact) mass is 433 g/mol. The first-order valence-corrected chi connectivity index (χ1v) is 7.87. The van der Waals surface area contributed by atoms with E-state index in [1.54, 1.807) is 14.2 Å². The van der Waals surface area contributed by atoms with Gasteiger partial charge in [0.15, 0.2) is 5.96 Å². The van der Waals surface area contributed by atoms with Crippen LogP contribution in [0.2, 0.25) is 0 Å². The highest BCUT2D eigenvalue weighted by molar-refractivity contribution is 14.0. The number of aliphatic imine (C=N–C) groups is 1. The van der Waals surface area contributed by atoms with Crippen LogP contribution in [-0.4, -0.2) is 45.4 Å². The van der Waals surface area contributed by atoms with E-state index >= 15 is 0 Å². The van der Waals surface area contributed by atoms with Gasteiger partial charge in [-0.15, -0.1) is 24.0 Å². The third kappa shape index (κ3) is 6.55. The van der Waals surface area contributed by atoms with E-state index in [1.807, 2.05) is 12.1 Å². The topological polar surface area (TPSA) is 54.9 Å². The van der Waals surface area contributed by atoms with Gasteiger partial charge >= 0.3 is 0 Å². The highest BCUT2D eigenvalue weighted by Gasteiger charge is 2.29. The SMILES string of the molecule is CN=C(NCCc1ccc(OC)cc1)NCC1(C)CCCO1.I. The summed E-state index contributed by atoms with van der Waals surface area (Å²) in [5.74, 6) is 1.71. The van der Waals surface area contributed by atoms with Crippen LogP contribution in [0.25, 0.3) is 0 Å². The molecule has 5 nitrogen and oxygen atoms in total. The van der Waals surface area contributed by atoms with Crippen LogP contribution in [-0.2, 0) is 11.2 Å². The van der Waals surface area contributed by atoms with E-state index in [0.717, 1.165) is 50.7 Å². The zero-order chi connectivity index (χ0) is 15.8. The minimum absolute atomic E-state index is 0. The van der Waals surface area contributed by atoms with Crippen LogP contribution in [0.4, 0.5) is 0 Å². The van der Waals surface area contributed by atoms with Crippen LogP contribution in [0.15, 0.2) is 29.3 Å². The van der Waals surface area contributed by atoms with Crippen molar-refractivity contribution in [3.8, 4) is 5.75 Å². The van der Waals surface area contributed by atoms with E-state index < -0.39 is 0 Å². The van der Waals surface area contributed by atoms with Gasteiger partial charge in [-0.2, -0.15) is 0 Å². The smallest absolute Gasteiger partial charge is 0.191 e. The molecule has 6 heteroatoms. The van der Waals surface area contributed by atoms with Gasteiger partial charge in [0.05, 0.1) is 12.7 Å². The molecule has 0 amide bonds. The Morgan fingerprint density at radius 1 is 1.30 bits per heavy atom. The largest absolute Gasteiger partial charge is 0.497 e. The third-order valence-corrected chi connectivity index (χ3v) is 4.02. The van der Waals surface area contributed by atoms with Gasteiger partial charge in [-0.05, 0) is 43.9 Å². The molecule has 1 heterocycles. The van der Waals surface area contributed by atoms with E-state index in [4.69, 9.17) is 9.47 Å². The van der Waals surface area contributed by atoms with Crippen LogP contribution in [0.1, 0.15) is 25.3 Å². The molecule has 23 heavy (non-hydrogen) atoms. The summed E-state index contributed by atoms with van der Waals surface area (Å²) in [4.78, 5) is 4.26. The molecule has 1 aromatic rings. The number of hydrogen-bond donors (Lipinski definition) is 2. The van der Waals surface area contributed by atoms with Gasteiger partial charge in [-0.25, -0.2) is 0 Å². The van der Waals surface area contributed by atoms with Crippen molar-refractivity contribution in [2.45, 2.75) is 31.8 Å². The molecule has 0 aliphatic carbocycles. The van der Waals surface area contributed by atoms with Gasteiger partial charge in [0.2, 0.25) is 0 Å². The minimum atomic E-state index is -0.0619. The number of nitrogens with zero attached hydrogens (tertiary/aromatic N) is 1. The second-order valence-electron chi connectivity index (χ2n) is 5.85. The number of rotatable bonds is 6. The van der Waals surface area contributed by atoms with Gasteiger partial charge in [0.25, 0.3) is 0 Å². The lowest BCUT2D eigenvalue weighted by Gasteiger charge is -2.24. The van der Waals surface area contributed by atoms with E-state index in [0.29, 0.717) is 0 Å². The quantitative estimate of drug-likeness (QED) is 0.412. The normalized spacial score (nSPS) is 20.7. The second kappa shape index (κ2) is 9.97. The highest BCUT2D eigenvalue weighted by atomic mass is 127. The van der Waals surface area contributed by atoms with Crippen LogP contribution < -0.4 is 15.4 Å². The molecule has 1 fully saturated rings. The number of methoxy groups -OCH3 is 1. The minimum Gasteiger partial charge on any atom is -0.497 e. The summed E-state index contributed by atoms with van der Waals surface area (Å²) in [7, 11) is 3.47. The van der Waals surface area contributed by atoms with Gasteiger partial charge in [0, 0.05) is 26.7 Å². The lowest BCUT2D eigenvalue weighted by atomic mass is 10.0. The predicted octanol–water partition coefficient (Wildman–Crippen LogP) is 2.59. The number of hydrogen-bond acceptors (Lipinski definition) is 3. The Balaban J connectivity index is 0.00000264. The number of benzene rings is 1. The molecule has 0 spiro atoms. The van der Waals surface area contributed by atoms with Crippen molar-refractivity contribution < 1.29 is 9.47 Å². The van der Waals surface area contributed by atoms with Crippen molar-refractivity contribution in [2.75, 3.05) is 33.9 Å². The average molecular weight is 433 g/mol. The molecule has 0 bridgehead atoms. The fraction of sp³-hybridized carbons (Fsp3) is 0.588. The lowest BCUT2D eigenvalue weighted by molar-refractivity contribution is 0.0243. The molecule has 1 unspecified atom stereocenters. The summed E-state index contributed by atoms with van der Waals surface area (Å²) in [5.41, 5.74) is 1.21. The third-order valence-electron chi connectivity index (χ3n) is 4.02. The highest BCUT2D eigenvalue weighted by Crippen LogP contribution is 2.23. The Hall–Kier alpha value is -1.02. The maximum absolute atomic E-state index is 5.77. The first-order valence-electron chi connectivity index (χ1n) is 7.87. The van der Waals surface area contributed by atoms with Crippen molar-refractivity contribution in [1.82, 2.24) is 10.6 Å². The summed E-state index contributed by atoms with van der Waals surface area (Å²) < 4.78 is 10.9. The molecular formula is C17H28IN3O2. The first-order chi connectivity index (χ1) is 10.6. The molecule has 0 aromatic heterocycles. The summed E-state index contributed by atoms with van der Waals surface area (Å²) in [5, 5.41) is 6.69. The molecule has 1 aliphatic rings. The van der Waals surface area contributed by atoms with Crippen molar-refractivity contribution in [3.63, 3.8) is 0 Å². The van der Waals surface area contributed by atoms with Crippen molar-refractivity contribution in [1.29, 1.82) is 0 Å². The van der Waals surface area contributed by atoms with Gasteiger partial charge in [-0.1, -0.05) is 12.1 Å². The Morgan fingerprint density at radius 3 is 2.61 bits per heavy atom. The number of guanidine groups is 1. The van der Waals surface area contributed by atoms with E-state index in [1.165, 1.54) is 5.56 Å². The molecular weight excluding hydrogens is 405 g/mol. The zero-order valence-corrected chi connectivity index (χ0v) is 16.6. The van der Waals surface area contributed by atoms with Crippen molar-refractivity contribution >= 4 is 29.9 Å². The van der Waals surface area contributed by atoms with E-state index in [9.17, 15) is 0 Å². The standard InChI is InChI=1S/C17H27N3O2.HI/c1-17(10-4-12-22-17)13-20-16(18-2)19-11-9-14-5-7-15(21-3)8-6-14;/h5-8H,4,9-13H2,1-3H3,(H2,18,19,20);1H. The van der Waals surface area contributed by atoms with E-state index in [2.05, 4.69) is 34.7 Å². The fourth-order valence-electron chi connectivity index (χ4n) is 2.59. The molecule has 130 valence electrons. The molecule has 1 aliphatic heterocycles. The maximum atomic E-state index is 5.77. The van der Waals surface area contributed by atoms with Crippen molar-refractivity contribution in [2.24, 2.45) is 4.99 Å². The van der Waals surface area contributed by atoms with Crippen LogP contribution >= 0.6 is 24.0 Å². The summed E-state index contributed by atoms with van der Waals surface area (Å²) in [6.45, 7) is 4.64. The number of ether oxygens (including phenoxy) is 2. The zero-order valence-electron chi connectivity index (χ0n) is 14.2. The van der Waals surface area contributed by atoms with Crippen LogP contribution in [0.5, 0.6) is 5.75 Å². The number of nitrogens with one attached hydrogen (secondary N) is 2. The first kappa shape index (κ1) is 20.0. The Kier molecular flexibility index (Phi) is 8.68. The second-order valence-corrected chi connectivity index (χ2v) is 5.85. The lowest BCUT2D eigenvalue weighted by Crippen LogP contribution is -2.45. The Labute approximate surface area is 156 Å².